The lowest BCUT2D eigenvalue weighted by Crippen LogP contribution is -2.21. The summed E-state index contributed by atoms with van der Waals surface area (Å²) in [7, 11) is 0. The molecule has 0 aliphatic carbocycles. The fourth-order valence-electron chi connectivity index (χ4n) is 1.24. The normalized spacial score (nSPS) is 14.4. The molecule has 0 heterocycles. The van der Waals surface area contributed by atoms with Crippen molar-refractivity contribution in [2.75, 3.05) is 5.88 Å². The lowest BCUT2D eigenvalue weighted by atomic mass is 10.0. The van der Waals surface area contributed by atoms with Crippen molar-refractivity contribution in [2.24, 2.45) is 0 Å². The lowest BCUT2D eigenvalue weighted by molar-refractivity contribution is 0.0304. The smallest absolute Gasteiger partial charge is 0.337 e. The van der Waals surface area contributed by atoms with Crippen molar-refractivity contribution in [1.82, 2.24) is 0 Å². The Morgan fingerprint density at radius 3 is 2.47 bits per heavy atom. The van der Waals surface area contributed by atoms with Crippen molar-refractivity contribution in [2.45, 2.75) is 12.2 Å². The van der Waals surface area contributed by atoms with Gasteiger partial charge in [-0.1, -0.05) is 11.6 Å². The summed E-state index contributed by atoms with van der Waals surface area (Å²) < 4.78 is 13.5. The van der Waals surface area contributed by atoms with E-state index in [-0.39, 0.29) is 16.5 Å². The average molecular weight is 283 g/mol. The third-order valence-electron chi connectivity index (χ3n) is 2.16. The highest BCUT2D eigenvalue weighted by atomic mass is 35.5. The Bertz CT molecular complexity index is 439. The number of carboxylic acids is 1. The molecule has 1 aromatic carbocycles. The van der Waals surface area contributed by atoms with Gasteiger partial charge in [0.05, 0.1) is 22.6 Å². The number of halogens is 3. The summed E-state index contributed by atoms with van der Waals surface area (Å²) in [6.07, 6.45) is -2.93. The molecule has 7 heteroatoms. The van der Waals surface area contributed by atoms with Gasteiger partial charge in [-0.05, 0) is 12.1 Å². The molecule has 0 aromatic heterocycles. The van der Waals surface area contributed by atoms with Gasteiger partial charge in [0, 0.05) is 5.56 Å². The highest BCUT2D eigenvalue weighted by Gasteiger charge is 2.23. The molecule has 0 saturated carbocycles. The number of benzene rings is 1. The Morgan fingerprint density at radius 1 is 1.41 bits per heavy atom. The van der Waals surface area contributed by atoms with Gasteiger partial charge in [-0.15, -0.1) is 11.6 Å². The quantitative estimate of drug-likeness (QED) is 0.736. The first-order chi connectivity index (χ1) is 7.88. The Hall–Kier alpha value is -0.880. The molecule has 0 aliphatic rings. The zero-order valence-corrected chi connectivity index (χ0v) is 9.91. The van der Waals surface area contributed by atoms with Crippen molar-refractivity contribution >= 4 is 29.2 Å². The van der Waals surface area contributed by atoms with Gasteiger partial charge >= 0.3 is 5.97 Å². The van der Waals surface area contributed by atoms with E-state index < -0.39 is 29.6 Å². The van der Waals surface area contributed by atoms with Gasteiger partial charge in [0.1, 0.15) is 11.9 Å². The molecule has 1 aromatic rings. The standard InChI is InChI=1S/C10H9Cl2FO4/c11-3-8(14)9(15)5-1-6(12)4(10(16)17)2-7(5)13/h1-2,8-9,14-15H,3H2,(H,16,17). The fraction of sp³-hybridized carbons (Fsp3) is 0.300. The van der Waals surface area contributed by atoms with Gasteiger partial charge in [0.2, 0.25) is 0 Å². The molecule has 2 unspecified atom stereocenters. The van der Waals surface area contributed by atoms with E-state index >= 15 is 0 Å². The van der Waals surface area contributed by atoms with Crippen LogP contribution >= 0.6 is 23.2 Å². The molecule has 0 fully saturated rings. The molecular weight excluding hydrogens is 274 g/mol. The molecule has 0 amide bonds. The summed E-state index contributed by atoms with van der Waals surface area (Å²) in [5.41, 5.74) is -0.714. The van der Waals surface area contributed by atoms with Gasteiger partial charge in [0.25, 0.3) is 0 Å². The summed E-state index contributed by atoms with van der Waals surface area (Å²) in [4.78, 5) is 10.7. The molecule has 2 atom stereocenters. The first kappa shape index (κ1) is 14.2. The van der Waals surface area contributed by atoms with Crippen LogP contribution in [0, 0.1) is 5.82 Å². The molecule has 3 N–H and O–H groups in total. The number of hydrogen-bond acceptors (Lipinski definition) is 3. The van der Waals surface area contributed by atoms with E-state index in [9.17, 15) is 19.4 Å². The highest BCUT2D eigenvalue weighted by Crippen LogP contribution is 2.27. The van der Waals surface area contributed by atoms with Gasteiger partial charge < -0.3 is 15.3 Å². The van der Waals surface area contributed by atoms with Crippen molar-refractivity contribution in [3.63, 3.8) is 0 Å². The Labute approximate surface area is 106 Å². The summed E-state index contributed by atoms with van der Waals surface area (Å²) in [5.74, 6) is -2.64. The number of aliphatic hydroxyl groups excluding tert-OH is 2. The third kappa shape index (κ3) is 3.07. The maximum atomic E-state index is 13.5. The molecule has 0 bridgehead atoms. The van der Waals surface area contributed by atoms with Crippen LogP contribution in [0.2, 0.25) is 5.02 Å². The van der Waals surface area contributed by atoms with Crippen LogP contribution in [-0.2, 0) is 0 Å². The molecule has 0 saturated heterocycles. The molecule has 0 radical (unpaired) electrons. The minimum atomic E-state index is -1.56. The van der Waals surface area contributed by atoms with Gasteiger partial charge in [-0.25, -0.2) is 9.18 Å². The molecule has 4 nitrogen and oxygen atoms in total. The van der Waals surface area contributed by atoms with Crippen molar-refractivity contribution in [3.8, 4) is 0 Å². The van der Waals surface area contributed by atoms with Crippen LogP contribution in [0.3, 0.4) is 0 Å². The maximum absolute atomic E-state index is 13.5. The topological polar surface area (TPSA) is 77.8 Å². The summed E-state index contributed by atoms with van der Waals surface area (Å²) in [6.45, 7) is 0. The van der Waals surface area contributed by atoms with E-state index in [2.05, 4.69) is 0 Å². The number of aromatic carboxylic acids is 1. The van der Waals surface area contributed by atoms with Crippen LogP contribution < -0.4 is 0 Å². The minimum Gasteiger partial charge on any atom is -0.478 e. The molecule has 1 rings (SSSR count). The van der Waals surface area contributed by atoms with E-state index in [1.807, 2.05) is 0 Å². The average Bonchev–Trinajstić information content (AvgIpc) is 2.29. The van der Waals surface area contributed by atoms with Gasteiger partial charge in [-0.3, -0.25) is 0 Å². The van der Waals surface area contributed by atoms with E-state index in [0.29, 0.717) is 6.07 Å². The zero-order chi connectivity index (χ0) is 13.2. The second kappa shape index (κ2) is 5.64. The molecule has 17 heavy (non-hydrogen) atoms. The number of aliphatic hydroxyl groups is 2. The summed E-state index contributed by atoms with van der Waals surface area (Å²) in [5, 5.41) is 27.3. The van der Waals surface area contributed by atoms with Crippen LogP contribution in [0.1, 0.15) is 22.0 Å². The SMILES string of the molecule is O=C(O)c1cc(F)c(C(O)C(O)CCl)cc1Cl. The predicted molar refractivity (Wildman–Crippen MR) is 60.1 cm³/mol. The maximum Gasteiger partial charge on any atom is 0.337 e. The van der Waals surface area contributed by atoms with E-state index in [1.54, 1.807) is 0 Å². The number of alkyl halides is 1. The Kier molecular flexibility index (Phi) is 4.70. The monoisotopic (exact) mass is 282 g/mol. The summed E-state index contributed by atoms with van der Waals surface area (Å²) >= 11 is 10.9. The molecule has 0 spiro atoms. The van der Waals surface area contributed by atoms with Crippen molar-refractivity contribution in [3.05, 3.63) is 34.1 Å². The summed E-state index contributed by atoms with van der Waals surface area (Å²) in [6, 6.07) is 1.64. The number of rotatable bonds is 4. The van der Waals surface area contributed by atoms with Crippen LogP contribution in [0.15, 0.2) is 12.1 Å². The Balaban J connectivity index is 3.20. The van der Waals surface area contributed by atoms with E-state index in [1.165, 1.54) is 0 Å². The second-order valence-electron chi connectivity index (χ2n) is 3.33. The van der Waals surface area contributed by atoms with Gasteiger partial charge in [0.15, 0.2) is 0 Å². The number of hydrogen-bond donors (Lipinski definition) is 3. The minimum absolute atomic E-state index is 0.227. The predicted octanol–water partition coefficient (Wildman–Crippen LogP) is 1.81. The van der Waals surface area contributed by atoms with Crippen molar-refractivity contribution < 1.29 is 24.5 Å². The largest absolute Gasteiger partial charge is 0.478 e. The Morgan fingerprint density at radius 2 is 2.00 bits per heavy atom. The molecule has 94 valence electrons. The highest BCUT2D eigenvalue weighted by molar-refractivity contribution is 6.33. The number of carboxylic acid groups (broad SMARTS) is 1. The van der Waals surface area contributed by atoms with Crippen LogP contribution in [0.5, 0.6) is 0 Å². The van der Waals surface area contributed by atoms with Crippen LogP contribution in [0.25, 0.3) is 0 Å². The van der Waals surface area contributed by atoms with E-state index in [0.717, 1.165) is 6.07 Å². The first-order valence-corrected chi connectivity index (χ1v) is 5.44. The van der Waals surface area contributed by atoms with E-state index in [4.69, 9.17) is 28.3 Å². The van der Waals surface area contributed by atoms with Crippen LogP contribution in [0.4, 0.5) is 4.39 Å². The second-order valence-corrected chi connectivity index (χ2v) is 4.04. The zero-order valence-electron chi connectivity index (χ0n) is 8.40. The lowest BCUT2D eigenvalue weighted by Gasteiger charge is -2.17. The number of carbonyl (C=O) groups is 1. The molecule has 0 aliphatic heterocycles. The van der Waals surface area contributed by atoms with Gasteiger partial charge in [-0.2, -0.15) is 0 Å². The fourth-order valence-corrected chi connectivity index (χ4v) is 1.67. The molecular formula is C10H9Cl2FO4. The van der Waals surface area contributed by atoms with Crippen LogP contribution in [-0.4, -0.2) is 33.3 Å². The third-order valence-corrected chi connectivity index (χ3v) is 2.79. The first-order valence-electron chi connectivity index (χ1n) is 4.52. The van der Waals surface area contributed by atoms with Crippen molar-refractivity contribution in [1.29, 1.82) is 0 Å².